The molecule has 212 valence electrons. The fourth-order valence-corrected chi connectivity index (χ4v) is 6.08. The van der Waals surface area contributed by atoms with Gasteiger partial charge in [-0.15, -0.1) is 0 Å². The Balaban J connectivity index is 1.41. The first kappa shape index (κ1) is 29.5. The van der Waals surface area contributed by atoms with Crippen molar-refractivity contribution in [1.82, 2.24) is 9.80 Å². The minimum atomic E-state index is -3.91. The Morgan fingerprint density at radius 2 is 1.65 bits per heavy atom. The predicted octanol–water partition coefficient (Wildman–Crippen LogP) is 4.03. The van der Waals surface area contributed by atoms with Crippen LogP contribution in [0.1, 0.15) is 40.4 Å². The molecule has 3 aromatic carbocycles. The third kappa shape index (κ3) is 7.19. The summed E-state index contributed by atoms with van der Waals surface area (Å²) >= 11 is 5.96. The standard InChI is InChI=1S/C29H31ClN2O7S/c30-23-5-1-3-21(17-23)27(34)19-32(29(36)37)14-11-20-7-9-25(10-8-20)40(38,39)26-6-2-4-22(18-26)28(35)31-15-12-24(33)13-16-31/h1-10,17-18,24,27,33-34H,11-16,19H2,(H,36,37)/t27-/m0/s1. The number of benzene rings is 3. The second-order valence-corrected chi connectivity index (χ2v) is 12.1. The van der Waals surface area contributed by atoms with E-state index < -0.39 is 28.1 Å². The zero-order valence-corrected chi connectivity index (χ0v) is 23.3. The maximum absolute atomic E-state index is 13.3. The van der Waals surface area contributed by atoms with Gasteiger partial charge in [-0.2, -0.15) is 0 Å². The van der Waals surface area contributed by atoms with Crippen LogP contribution >= 0.6 is 11.6 Å². The van der Waals surface area contributed by atoms with Crippen molar-refractivity contribution >= 4 is 33.4 Å². The molecule has 3 aromatic rings. The summed E-state index contributed by atoms with van der Waals surface area (Å²) in [4.78, 5) is 27.4. The number of carboxylic acid groups (broad SMARTS) is 1. The minimum absolute atomic E-state index is 0.00444. The summed E-state index contributed by atoms with van der Waals surface area (Å²) in [5.74, 6) is -0.275. The number of carbonyl (C=O) groups is 2. The first-order valence-electron chi connectivity index (χ1n) is 12.9. The molecule has 0 aromatic heterocycles. The lowest BCUT2D eigenvalue weighted by Gasteiger charge is -2.29. The molecule has 1 saturated heterocycles. The second kappa shape index (κ2) is 12.8. The summed E-state index contributed by atoms with van der Waals surface area (Å²) in [7, 11) is -3.91. The van der Waals surface area contributed by atoms with Crippen molar-refractivity contribution in [1.29, 1.82) is 0 Å². The van der Waals surface area contributed by atoms with Gasteiger partial charge >= 0.3 is 6.09 Å². The van der Waals surface area contributed by atoms with Crippen LogP contribution in [0, 0.1) is 0 Å². The molecule has 11 heteroatoms. The van der Waals surface area contributed by atoms with E-state index in [0.717, 1.165) is 10.5 Å². The maximum atomic E-state index is 13.3. The Morgan fingerprint density at radius 3 is 2.30 bits per heavy atom. The number of aliphatic hydroxyl groups is 2. The van der Waals surface area contributed by atoms with E-state index in [2.05, 4.69) is 0 Å². The van der Waals surface area contributed by atoms with E-state index in [1.165, 1.54) is 30.3 Å². The van der Waals surface area contributed by atoms with Crippen LogP contribution in [0.25, 0.3) is 0 Å². The van der Waals surface area contributed by atoms with Crippen LogP contribution in [-0.2, 0) is 16.3 Å². The normalized spacial score (nSPS) is 15.0. The summed E-state index contributed by atoms with van der Waals surface area (Å²) in [5, 5.41) is 30.2. The smallest absolute Gasteiger partial charge is 0.407 e. The van der Waals surface area contributed by atoms with Gasteiger partial charge in [0.25, 0.3) is 5.91 Å². The van der Waals surface area contributed by atoms with Crippen molar-refractivity contribution in [2.45, 2.75) is 41.3 Å². The number of carbonyl (C=O) groups excluding carboxylic acids is 1. The number of piperidine rings is 1. The number of amides is 2. The average Bonchev–Trinajstić information content (AvgIpc) is 2.95. The molecule has 0 unspecified atom stereocenters. The summed E-state index contributed by atoms with van der Waals surface area (Å²) in [6, 6.07) is 18.7. The third-order valence-corrected chi connectivity index (χ3v) is 8.95. The van der Waals surface area contributed by atoms with Crippen LogP contribution in [0.4, 0.5) is 4.79 Å². The van der Waals surface area contributed by atoms with Gasteiger partial charge in [0.2, 0.25) is 9.84 Å². The van der Waals surface area contributed by atoms with Gasteiger partial charge in [-0.05, 0) is 72.9 Å². The molecule has 0 radical (unpaired) electrons. The number of hydrogen-bond acceptors (Lipinski definition) is 6. The highest BCUT2D eigenvalue weighted by atomic mass is 35.5. The molecular formula is C29H31ClN2O7S. The summed E-state index contributed by atoms with van der Waals surface area (Å²) in [6.07, 6.45) is -1.37. The van der Waals surface area contributed by atoms with Gasteiger partial charge in [0.1, 0.15) is 0 Å². The van der Waals surface area contributed by atoms with E-state index in [4.69, 9.17) is 11.6 Å². The topological polar surface area (TPSA) is 135 Å². The Morgan fingerprint density at radius 1 is 0.975 bits per heavy atom. The fourth-order valence-electron chi connectivity index (χ4n) is 4.58. The minimum Gasteiger partial charge on any atom is -0.465 e. The lowest BCUT2D eigenvalue weighted by Crippen LogP contribution is -2.40. The van der Waals surface area contributed by atoms with Crippen LogP contribution < -0.4 is 0 Å². The van der Waals surface area contributed by atoms with Crippen molar-refractivity contribution in [2.24, 2.45) is 0 Å². The lowest BCUT2D eigenvalue weighted by molar-refractivity contribution is 0.0546. The van der Waals surface area contributed by atoms with Crippen LogP contribution in [0.15, 0.2) is 82.6 Å². The molecule has 4 rings (SSSR count). The second-order valence-electron chi connectivity index (χ2n) is 9.75. The van der Waals surface area contributed by atoms with Gasteiger partial charge in [-0.3, -0.25) is 4.79 Å². The molecule has 1 aliphatic rings. The van der Waals surface area contributed by atoms with E-state index in [0.29, 0.717) is 42.9 Å². The molecule has 9 nitrogen and oxygen atoms in total. The number of rotatable bonds is 9. The van der Waals surface area contributed by atoms with Crippen molar-refractivity contribution in [3.63, 3.8) is 0 Å². The molecule has 0 aliphatic carbocycles. The molecule has 0 bridgehead atoms. The number of likely N-dealkylation sites (tertiary alicyclic amines) is 1. The average molecular weight is 587 g/mol. The fraction of sp³-hybridized carbons (Fsp3) is 0.310. The van der Waals surface area contributed by atoms with Crippen molar-refractivity contribution in [3.05, 3.63) is 94.5 Å². The zero-order valence-electron chi connectivity index (χ0n) is 21.7. The summed E-state index contributed by atoms with van der Waals surface area (Å²) in [5.41, 5.74) is 1.50. The Bertz CT molecular complexity index is 1460. The van der Waals surface area contributed by atoms with Crippen LogP contribution in [-0.4, -0.2) is 77.8 Å². The van der Waals surface area contributed by atoms with E-state index in [9.17, 15) is 33.3 Å². The number of nitrogens with zero attached hydrogens (tertiary/aromatic N) is 2. The highest BCUT2D eigenvalue weighted by Gasteiger charge is 2.25. The number of sulfone groups is 1. The molecule has 1 atom stereocenters. The van der Waals surface area contributed by atoms with E-state index in [1.807, 2.05) is 0 Å². The largest absolute Gasteiger partial charge is 0.465 e. The quantitative estimate of drug-likeness (QED) is 0.344. The molecule has 0 spiro atoms. The maximum Gasteiger partial charge on any atom is 0.407 e. The molecule has 1 fully saturated rings. The van der Waals surface area contributed by atoms with Gasteiger partial charge in [0.15, 0.2) is 0 Å². The highest BCUT2D eigenvalue weighted by molar-refractivity contribution is 7.91. The van der Waals surface area contributed by atoms with Gasteiger partial charge < -0.3 is 25.1 Å². The Kier molecular flexibility index (Phi) is 9.47. The van der Waals surface area contributed by atoms with Gasteiger partial charge in [-0.1, -0.05) is 41.9 Å². The number of halogens is 1. The van der Waals surface area contributed by atoms with Crippen LogP contribution in [0.5, 0.6) is 0 Å². The van der Waals surface area contributed by atoms with Crippen molar-refractivity contribution < 1.29 is 33.3 Å². The summed E-state index contributed by atoms with van der Waals surface area (Å²) < 4.78 is 26.6. The monoisotopic (exact) mass is 586 g/mol. The van der Waals surface area contributed by atoms with Gasteiger partial charge in [0, 0.05) is 30.2 Å². The van der Waals surface area contributed by atoms with Crippen molar-refractivity contribution in [3.8, 4) is 0 Å². The van der Waals surface area contributed by atoms with Crippen LogP contribution in [0.2, 0.25) is 5.02 Å². The van der Waals surface area contributed by atoms with Gasteiger partial charge in [-0.25, -0.2) is 13.2 Å². The molecule has 1 aliphatic heterocycles. The van der Waals surface area contributed by atoms with E-state index in [-0.39, 0.29) is 34.4 Å². The van der Waals surface area contributed by atoms with E-state index in [1.54, 1.807) is 47.4 Å². The third-order valence-electron chi connectivity index (χ3n) is 6.94. The molecule has 2 amide bonds. The SMILES string of the molecule is O=C(O)N(CCc1ccc(S(=O)(=O)c2cccc(C(=O)N3CCC(O)CC3)c2)cc1)C[C@H](O)c1cccc(Cl)c1. The van der Waals surface area contributed by atoms with Crippen LogP contribution in [0.3, 0.4) is 0 Å². The molecule has 0 saturated carbocycles. The molecule has 3 N–H and O–H groups in total. The Hall–Kier alpha value is -3.44. The molecule has 40 heavy (non-hydrogen) atoms. The van der Waals surface area contributed by atoms with Gasteiger partial charge in [0.05, 0.1) is 28.5 Å². The first-order chi connectivity index (χ1) is 19.0. The first-order valence-corrected chi connectivity index (χ1v) is 14.7. The summed E-state index contributed by atoms with van der Waals surface area (Å²) in [6.45, 7) is 0.778. The highest BCUT2D eigenvalue weighted by Crippen LogP contribution is 2.24. The Labute approximate surface area is 238 Å². The van der Waals surface area contributed by atoms with E-state index >= 15 is 0 Å². The van der Waals surface area contributed by atoms with Crippen molar-refractivity contribution in [2.75, 3.05) is 26.2 Å². The molecular weight excluding hydrogens is 556 g/mol. The number of aliphatic hydroxyl groups excluding tert-OH is 2. The predicted molar refractivity (Wildman–Crippen MR) is 149 cm³/mol. The lowest BCUT2D eigenvalue weighted by atomic mass is 10.1. The number of hydrogen-bond donors (Lipinski definition) is 3. The molecule has 1 heterocycles. The zero-order chi connectivity index (χ0) is 28.9.